The third-order valence-corrected chi connectivity index (χ3v) is 7.36. The van der Waals surface area contributed by atoms with Crippen LogP contribution in [0.4, 0.5) is 0 Å². The van der Waals surface area contributed by atoms with Gasteiger partial charge in [0.2, 0.25) is 0 Å². The molecule has 1 heterocycles. The standard InChI is InChI=1S/C38H33NO8/c1-3-44-37(42)21-24-46-32-14-16-33(17-15-32)47-38(43)30-11-18-34(26(2)25-30)29-7-5-27(6-8-29)28-9-12-31(13-10-28)45-23-4-22-39-35(40)19-20-36(39)41/h3,5-20,25H,1,4,21-24H2,2H3. The van der Waals surface area contributed by atoms with E-state index in [0.717, 1.165) is 34.1 Å². The van der Waals surface area contributed by atoms with Crippen LogP contribution < -0.4 is 14.2 Å². The molecule has 47 heavy (non-hydrogen) atoms. The van der Waals surface area contributed by atoms with Crippen LogP contribution in [0.3, 0.4) is 0 Å². The minimum absolute atomic E-state index is 0.0865. The molecule has 9 heteroatoms. The summed E-state index contributed by atoms with van der Waals surface area (Å²) in [5.74, 6) is 0.141. The van der Waals surface area contributed by atoms with E-state index in [9.17, 15) is 19.2 Å². The molecular formula is C38H33NO8. The molecule has 0 unspecified atom stereocenters. The fraction of sp³-hybridized carbons (Fsp3) is 0.158. The van der Waals surface area contributed by atoms with E-state index in [1.165, 1.54) is 17.1 Å². The van der Waals surface area contributed by atoms with Crippen molar-refractivity contribution in [3.8, 4) is 39.5 Å². The van der Waals surface area contributed by atoms with Crippen molar-refractivity contribution in [1.29, 1.82) is 0 Å². The fourth-order valence-electron chi connectivity index (χ4n) is 4.94. The summed E-state index contributed by atoms with van der Waals surface area (Å²) in [4.78, 5) is 48.7. The average molecular weight is 632 g/mol. The molecule has 0 saturated heterocycles. The van der Waals surface area contributed by atoms with E-state index in [-0.39, 0.29) is 24.8 Å². The van der Waals surface area contributed by atoms with E-state index >= 15 is 0 Å². The molecular weight excluding hydrogens is 598 g/mol. The highest BCUT2D eigenvalue weighted by Gasteiger charge is 2.22. The van der Waals surface area contributed by atoms with Gasteiger partial charge in [-0.3, -0.25) is 19.3 Å². The fourth-order valence-corrected chi connectivity index (χ4v) is 4.94. The number of ether oxygens (including phenoxy) is 4. The Balaban J connectivity index is 1.12. The molecule has 0 atom stereocenters. The van der Waals surface area contributed by atoms with Crippen molar-refractivity contribution in [2.75, 3.05) is 19.8 Å². The molecule has 0 bridgehead atoms. The summed E-state index contributed by atoms with van der Waals surface area (Å²) in [5, 5.41) is 0. The maximum Gasteiger partial charge on any atom is 0.343 e. The van der Waals surface area contributed by atoms with Gasteiger partial charge in [0, 0.05) is 18.7 Å². The number of nitrogens with zero attached hydrogens (tertiary/aromatic N) is 1. The number of amides is 2. The largest absolute Gasteiger partial charge is 0.494 e. The first-order valence-electron chi connectivity index (χ1n) is 15.0. The van der Waals surface area contributed by atoms with Gasteiger partial charge in [-0.25, -0.2) is 4.79 Å². The number of aryl methyl sites for hydroxylation is 1. The molecule has 1 aliphatic rings. The predicted octanol–water partition coefficient (Wildman–Crippen LogP) is 6.70. The van der Waals surface area contributed by atoms with E-state index in [2.05, 4.69) is 11.3 Å². The minimum atomic E-state index is -0.475. The summed E-state index contributed by atoms with van der Waals surface area (Å²) in [6, 6.07) is 28.0. The van der Waals surface area contributed by atoms with Crippen LogP contribution in [0.1, 0.15) is 28.8 Å². The van der Waals surface area contributed by atoms with Gasteiger partial charge in [-0.1, -0.05) is 49.0 Å². The molecule has 4 aromatic rings. The number of imide groups is 1. The second-order valence-corrected chi connectivity index (χ2v) is 10.6. The Labute approximate surface area is 272 Å². The molecule has 2 amide bonds. The van der Waals surface area contributed by atoms with Crippen molar-refractivity contribution in [3.05, 3.63) is 127 Å². The molecule has 1 aliphatic heterocycles. The van der Waals surface area contributed by atoms with Crippen LogP contribution in [0.5, 0.6) is 17.2 Å². The molecule has 0 radical (unpaired) electrons. The van der Waals surface area contributed by atoms with Crippen molar-refractivity contribution in [1.82, 2.24) is 4.90 Å². The molecule has 0 fully saturated rings. The van der Waals surface area contributed by atoms with Gasteiger partial charge in [-0.05, 0) is 89.7 Å². The summed E-state index contributed by atoms with van der Waals surface area (Å²) in [5.41, 5.74) is 5.46. The average Bonchev–Trinajstić information content (AvgIpc) is 3.40. The highest BCUT2D eigenvalue weighted by molar-refractivity contribution is 6.12. The lowest BCUT2D eigenvalue weighted by Crippen LogP contribution is -2.31. The van der Waals surface area contributed by atoms with Crippen LogP contribution >= 0.6 is 0 Å². The van der Waals surface area contributed by atoms with Crippen molar-refractivity contribution < 1.29 is 38.1 Å². The second kappa shape index (κ2) is 15.4. The first-order chi connectivity index (χ1) is 22.8. The first kappa shape index (κ1) is 32.4. The van der Waals surface area contributed by atoms with E-state index in [4.69, 9.17) is 14.2 Å². The number of hydrogen-bond acceptors (Lipinski definition) is 8. The van der Waals surface area contributed by atoms with Gasteiger partial charge < -0.3 is 18.9 Å². The zero-order chi connectivity index (χ0) is 33.2. The summed E-state index contributed by atoms with van der Waals surface area (Å²) < 4.78 is 21.5. The summed E-state index contributed by atoms with van der Waals surface area (Å²) in [7, 11) is 0. The quantitative estimate of drug-likeness (QED) is 0.0498. The Bertz CT molecular complexity index is 1770. The molecule has 0 aliphatic carbocycles. The van der Waals surface area contributed by atoms with Gasteiger partial charge in [0.15, 0.2) is 0 Å². The minimum Gasteiger partial charge on any atom is -0.494 e. The van der Waals surface area contributed by atoms with E-state index in [0.29, 0.717) is 42.4 Å². The topological polar surface area (TPSA) is 108 Å². The third kappa shape index (κ3) is 8.61. The van der Waals surface area contributed by atoms with Crippen LogP contribution in [0.25, 0.3) is 22.3 Å². The van der Waals surface area contributed by atoms with Gasteiger partial charge >= 0.3 is 11.9 Å². The van der Waals surface area contributed by atoms with Gasteiger partial charge in [0.25, 0.3) is 11.8 Å². The Kier molecular flexibility index (Phi) is 10.6. The molecule has 5 rings (SSSR count). The van der Waals surface area contributed by atoms with E-state index in [1.54, 1.807) is 30.3 Å². The lowest BCUT2D eigenvalue weighted by atomic mass is 9.96. The monoisotopic (exact) mass is 631 g/mol. The molecule has 238 valence electrons. The van der Waals surface area contributed by atoms with Crippen molar-refractivity contribution in [3.63, 3.8) is 0 Å². The van der Waals surface area contributed by atoms with Gasteiger partial charge in [0.1, 0.15) is 17.2 Å². The Hall–Kier alpha value is -5.96. The predicted molar refractivity (Wildman–Crippen MR) is 176 cm³/mol. The maximum atomic E-state index is 12.8. The zero-order valence-corrected chi connectivity index (χ0v) is 25.8. The molecule has 0 saturated carbocycles. The summed E-state index contributed by atoms with van der Waals surface area (Å²) >= 11 is 0. The highest BCUT2D eigenvalue weighted by atomic mass is 16.5. The highest BCUT2D eigenvalue weighted by Crippen LogP contribution is 2.29. The van der Waals surface area contributed by atoms with Crippen LogP contribution in [0.2, 0.25) is 0 Å². The number of carbonyl (C=O) groups is 4. The molecule has 0 spiro atoms. The van der Waals surface area contributed by atoms with Crippen molar-refractivity contribution in [2.24, 2.45) is 0 Å². The first-order valence-corrected chi connectivity index (χ1v) is 15.0. The van der Waals surface area contributed by atoms with Gasteiger partial charge in [-0.15, -0.1) is 0 Å². The lowest BCUT2D eigenvalue weighted by molar-refractivity contribution is -0.139. The van der Waals surface area contributed by atoms with Crippen molar-refractivity contribution >= 4 is 23.8 Å². The molecule has 9 nitrogen and oxygen atoms in total. The second-order valence-electron chi connectivity index (χ2n) is 10.6. The Morgan fingerprint density at radius 3 is 1.89 bits per heavy atom. The molecule has 4 aromatic carbocycles. The smallest absolute Gasteiger partial charge is 0.343 e. The lowest BCUT2D eigenvalue weighted by Gasteiger charge is -2.14. The van der Waals surface area contributed by atoms with Crippen LogP contribution in [0.15, 0.2) is 116 Å². The molecule has 0 aromatic heterocycles. The Morgan fingerprint density at radius 1 is 0.723 bits per heavy atom. The third-order valence-electron chi connectivity index (χ3n) is 7.36. The number of rotatable bonds is 14. The molecule has 0 N–H and O–H groups in total. The Morgan fingerprint density at radius 2 is 1.28 bits per heavy atom. The maximum absolute atomic E-state index is 12.8. The van der Waals surface area contributed by atoms with E-state index in [1.807, 2.05) is 67.6 Å². The normalized spacial score (nSPS) is 12.1. The summed E-state index contributed by atoms with van der Waals surface area (Å²) in [6.45, 7) is 6.16. The summed E-state index contributed by atoms with van der Waals surface area (Å²) in [6.07, 6.45) is 4.27. The number of hydrogen-bond donors (Lipinski definition) is 0. The van der Waals surface area contributed by atoms with Crippen LogP contribution in [-0.4, -0.2) is 48.4 Å². The number of esters is 2. The van der Waals surface area contributed by atoms with Crippen molar-refractivity contribution in [2.45, 2.75) is 19.8 Å². The number of carbonyl (C=O) groups excluding carboxylic acids is 4. The van der Waals surface area contributed by atoms with Gasteiger partial charge in [-0.2, -0.15) is 0 Å². The SMILES string of the molecule is C=COC(=O)CCOc1ccc(OC(=O)c2ccc(-c3ccc(-c4ccc(OCCCN5C(=O)C=CC5=O)cc4)cc3)c(C)c2)cc1. The van der Waals surface area contributed by atoms with Crippen LogP contribution in [-0.2, 0) is 19.1 Å². The number of benzene rings is 4. The zero-order valence-electron chi connectivity index (χ0n) is 25.8. The van der Waals surface area contributed by atoms with Crippen LogP contribution in [0, 0.1) is 6.92 Å². The van der Waals surface area contributed by atoms with Gasteiger partial charge in [0.05, 0.1) is 31.5 Å². The van der Waals surface area contributed by atoms with E-state index < -0.39 is 11.9 Å².